The van der Waals surface area contributed by atoms with E-state index in [0.717, 1.165) is 38.9 Å². The molecule has 0 radical (unpaired) electrons. The molecule has 7 nitrogen and oxygen atoms in total. The highest BCUT2D eigenvalue weighted by Crippen LogP contribution is 2.60. The van der Waals surface area contributed by atoms with E-state index < -0.39 is 17.7 Å². The van der Waals surface area contributed by atoms with E-state index in [4.69, 9.17) is 24.0 Å². The van der Waals surface area contributed by atoms with Gasteiger partial charge in [-0.05, 0) is 44.4 Å². The second-order valence-electron chi connectivity index (χ2n) is 10.0. The molecule has 1 aliphatic carbocycles. The fourth-order valence-corrected chi connectivity index (χ4v) is 6.26. The molecule has 2 bridgehead atoms. The van der Waals surface area contributed by atoms with Crippen molar-refractivity contribution >= 4 is 0 Å². The molecule has 0 N–H and O–H groups in total. The van der Waals surface area contributed by atoms with Crippen molar-refractivity contribution < 1.29 is 24.0 Å². The van der Waals surface area contributed by atoms with E-state index in [1.165, 1.54) is 6.42 Å². The first kappa shape index (κ1) is 20.1. The van der Waals surface area contributed by atoms with Gasteiger partial charge in [-0.15, -0.1) is 0 Å². The van der Waals surface area contributed by atoms with E-state index in [2.05, 4.69) is 43.1 Å². The number of hydrogen-bond acceptors (Lipinski definition) is 7. The Hall–Kier alpha value is -0.860. The van der Waals surface area contributed by atoms with Gasteiger partial charge in [0, 0.05) is 44.2 Å². The second-order valence-corrected chi connectivity index (χ2v) is 10.0. The van der Waals surface area contributed by atoms with Crippen LogP contribution in [0.1, 0.15) is 52.9 Å². The third kappa shape index (κ3) is 3.30. The Morgan fingerprint density at radius 1 is 1.10 bits per heavy atom. The summed E-state index contributed by atoms with van der Waals surface area (Å²) in [5.41, 5.74) is -0.502. The van der Waals surface area contributed by atoms with Gasteiger partial charge in [-0.2, -0.15) is 0 Å². The molecule has 0 unspecified atom stereocenters. The van der Waals surface area contributed by atoms with Gasteiger partial charge in [0.1, 0.15) is 0 Å². The summed E-state index contributed by atoms with van der Waals surface area (Å²) in [4.78, 5) is 16.5. The molecular formula is C22H36N2O5. The normalized spacial score (nSPS) is 48.7. The largest absolute Gasteiger partial charge is 0.362 e. The topological polar surface area (TPSA) is 52.6 Å². The maximum absolute atomic E-state index is 6.46. The predicted octanol–water partition coefficient (Wildman–Crippen LogP) is 3.28. The maximum atomic E-state index is 6.46. The average Bonchev–Trinajstić information content (AvgIpc) is 2.97. The Morgan fingerprint density at radius 3 is 2.76 bits per heavy atom. The minimum absolute atomic E-state index is 0.244. The smallest absolute Gasteiger partial charge is 0.201 e. The fraction of sp³-hybridized carbons (Fsp3) is 0.909. The van der Waals surface area contributed by atoms with Crippen LogP contribution in [0.15, 0.2) is 12.4 Å². The lowest BCUT2D eigenvalue weighted by atomic mass is 9.58. The van der Waals surface area contributed by atoms with Gasteiger partial charge >= 0.3 is 0 Å². The number of hydrogen-bond donors (Lipinski definition) is 0. The Balaban J connectivity index is 1.27. The van der Waals surface area contributed by atoms with Gasteiger partial charge in [0.2, 0.25) is 5.79 Å². The molecule has 6 rings (SSSR count). The van der Waals surface area contributed by atoms with E-state index >= 15 is 0 Å². The molecule has 5 heterocycles. The summed E-state index contributed by atoms with van der Waals surface area (Å²) in [6, 6.07) is 0. The molecule has 8 atom stereocenters. The first-order chi connectivity index (χ1) is 13.9. The molecule has 5 aliphatic heterocycles. The first-order valence-corrected chi connectivity index (χ1v) is 11.4. The third-order valence-electron chi connectivity index (χ3n) is 7.91. The Labute approximate surface area is 174 Å². The minimum atomic E-state index is -0.725. The summed E-state index contributed by atoms with van der Waals surface area (Å²) in [6.07, 6.45) is 8.77. The quantitative estimate of drug-likeness (QED) is 0.511. The van der Waals surface area contributed by atoms with E-state index in [-0.39, 0.29) is 12.2 Å². The van der Waals surface area contributed by atoms with Crippen LogP contribution in [-0.4, -0.2) is 60.6 Å². The van der Waals surface area contributed by atoms with Crippen LogP contribution in [0, 0.1) is 23.7 Å². The zero-order chi connectivity index (χ0) is 20.2. The molecule has 0 amide bonds. The second kappa shape index (κ2) is 7.38. The molecule has 0 aromatic rings. The highest BCUT2D eigenvalue weighted by Gasteiger charge is 2.69. The standard InChI is InChI=1S/C22H36N2O5/c1-15-6-7-18-16(2)19(25-13-5-10-24-12-11-23(4)14-24)26-20-22(18)17(15)8-9-21(3,27-20)28-29-22/h11-12,15-20H,5-10,13-14H2,1-4H3/t15-,16-,17+,18+,19+,20-,21-,22-/m1/s1. The van der Waals surface area contributed by atoms with Gasteiger partial charge in [-0.3, -0.25) is 0 Å². The number of fused-ring (bicyclic) bond motifs is 2. The van der Waals surface area contributed by atoms with Crippen molar-refractivity contribution in [2.75, 3.05) is 26.9 Å². The molecular weight excluding hydrogens is 372 g/mol. The summed E-state index contributed by atoms with van der Waals surface area (Å²) in [6.45, 7) is 9.18. The summed E-state index contributed by atoms with van der Waals surface area (Å²) in [5, 5.41) is 0. The van der Waals surface area contributed by atoms with Crippen LogP contribution in [0.5, 0.6) is 0 Å². The number of nitrogens with zero attached hydrogens (tertiary/aromatic N) is 2. The molecule has 0 aromatic heterocycles. The van der Waals surface area contributed by atoms with Gasteiger partial charge in [0.25, 0.3) is 0 Å². The SMILES string of the molecule is C[C@H]1[C@@H](OCCCN2C=CN(C)C2)O[C@@H]2O[C@@]3(C)CC[C@H]4[C@H](C)CC[C@@H]1[C@@]24OO3. The highest BCUT2D eigenvalue weighted by molar-refractivity contribution is 5.09. The van der Waals surface area contributed by atoms with Crippen molar-refractivity contribution in [2.24, 2.45) is 23.7 Å². The van der Waals surface area contributed by atoms with Crippen molar-refractivity contribution in [1.82, 2.24) is 9.80 Å². The summed E-state index contributed by atoms with van der Waals surface area (Å²) < 4.78 is 19.1. The van der Waals surface area contributed by atoms with Crippen LogP contribution < -0.4 is 0 Å². The number of rotatable bonds is 5. The van der Waals surface area contributed by atoms with E-state index in [0.29, 0.717) is 24.4 Å². The molecule has 0 aromatic carbocycles. The monoisotopic (exact) mass is 408 g/mol. The van der Waals surface area contributed by atoms with Gasteiger partial charge < -0.3 is 24.0 Å². The van der Waals surface area contributed by atoms with Crippen molar-refractivity contribution in [2.45, 2.75) is 76.8 Å². The highest BCUT2D eigenvalue weighted by atomic mass is 17.3. The van der Waals surface area contributed by atoms with Crippen molar-refractivity contribution in [3.63, 3.8) is 0 Å². The lowest BCUT2D eigenvalue weighted by Crippen LogP contribution is -2.70. The zero-order valence-electron chi connectivity index (χ0n) is 18.2. The van der Waals surface area contributed by atoms with Crippen molar-refractivity contribution in [1.29, 1.82) is 0 Å². The molecule has 5 fully saturated rings. The summed E-state index contributed by atoms with van der Waals surface area (Å²) in [5.74, 6) is 0.828. The first-order valence-electron chi connectivity index (χ1n) is 11.4. The molecule has 29 heavy (non-hydrogen) atoms. The molecule has 1 spiro atoms. The van der Waals surface area contributed by atoms with Gasteiger partial charge in [-0.25, -0.2) is 9.78 Å². The summed E-state index contributed by atoms with van der Waals surface area (Å²) in [7, 11) is 2.09. The lowest BCUT2D eigenvalue weighted by Gasteiger charge is -2.60. The Bertz CT molecular complexity index is 647. The average molecular weight is 409 g/mol. The van der Waals surface area contributed by atoms with Crippen molar-refractivity contribution in [3.8, 4) is 0 Å². The van der Waals surface area contributed by atoms with E-state index in [1.807, 2.05) is 6.92 Å². The van der Waals surface area contributed by atoms with Crippen LogP contribution in [0.3, 0.4) is 0 Å². The molecule has 4 saturated heterocycles. The fourth-order valence-electron chi connectivity index (χ4n) is 6.26. The van der Waals surface area contributed by atoms with Crippen LogP contribution in [0.25, 0.3) is 0 Å². The van der Waals surface area contributed by atoms with E-state index in [9.17, 15) is 0 Å². The summed E-state index contributed by atoms with van der Waals surface area (Å²) >= 11 is 0. The molecule has 1 saturated carbocycles. The third-order valence-corrected chi connectivity index (χ3v) is 7.91. The van der Waals surface area contributed by atoms with E-state index in [1.54, 1.807) is 0 Å². The van der Waals surface area contributed by atoms with Crippen LogP contribution in [0.4, 0.5) is 0 Å². The zero-order valence-corrected chi connectivity index (χ0v) is 18.2. The van der Waals surface area contributed by atoms with Crippen molar-refractivity contribution in [3.05, 3.63) is 12.4 Å². The Kier molecular flexibility index (Phi) is 5.10. The lowest BCUT2D eigenvalue weighted by molar-refractivity contribution is -0.577. The Morgan fingerprint density at radius 2 is 1.97 bits per heavy atom. The molecule has 6 aliphatic rings. The van der Waals surface area contributed by atoms with Crippen LogP contribution in [0.2, 0.25) is 0 Å². The van der Waals surface area contributed by atoms with Crippen LogP contribution in [-0.2, 0) is 24.0 Å². The van der Waals surface area contributed by atoms with Gasteiger partial charge in [-0.1, -0.05) is 13.8 Å². The van der Waals surface area contributed by atoms with Gasteiger partial charge in [0.05, 0.1) is 13.3 Å². The van der Waals surface area contributed by atoms with Gasteiger partial charge in [0.15, 0.2) is 18.2 Å². The molecule has 164 valence electrons. The van der Waals surface area contributed by atoms with Crippen LogP contribution >= 0.6 is 0 Å². The number of ether oxygens (including phenoxy) is 3. The maximum Gasteiger partial charge on any atom is 0.201 e. The minimum Gasteiger partial charge on any atom is -0.362 e. The predicted molar refractivity (Wildman–Crippen MR) is 106 cm³/mol. The molecule has 7 heteroatoms.